The molecule has 2 amide bonds. The van der Waals surface area contributed by atoms with Gasteiger partial charge in [0.25, 0.3) is 0 Å². The van der Waals surface area contributed by atoms with Crippen molar-refractivity contribution in [3.63, 3.8) is 0 Å². The van der Waals surface area contributed by atoms with Gasteiger partial charge in [-0.3, -0.25) is 9.59 Å². The van der Waals surface area contributed by atoms with Crippen molar-refractivity contribution in [2.45, 2.75) is 19.4 Å². The summed E-state index contributed by atoms with van der Waals surface area (Å²) < 4.78 is 5.00. The number of carbonyl (C=O) groups excluding carboxylic acids is 3. The molecule has 104 valence electrons. The molecule has 0 saturated heterocycles. The minimum absolute atomic E-state index is 0.149. The summed E-state index contributed by atoms with van der Waals surface area (Å²) in [6.45, 7) is 1.41. The van der Waals surface area contributed by atoms with Crippen molar-refractivity contribution in [1.29, 1.82) is 0 Å². The largest absolute Gasteiger partial charge is 0.406 e. The summed E-state index contributed by atoms with van der Waals surface area (Å²) in [5, 5.41) is 2.62. The minimum Gasteiger partial charge on any atom is -0.406 e. The molecule has 7 heteroatoms. The van der Waals surface area contributed by atoms with Crippen LogP contribution in [0.3, 0.4) is 0 Å². The number of rotatable bonds is 4. The van der Waals surface area contributed by atoms with E-state index >= 15 is 0 Å². The zero-order valence-corrected chi connectivity index (χ0v) is 10.8. The average molecular weight is 275 g/mol. The summed E-state index contributed by atoms with van der Waals surface area (Å²) in [5.41, 5.74) is 6.24. The van der Waals surface area contributed by atoms with E-state index in [-0.39, 0.29) is 18.2 Å². The lowest BCUT2D eigenvalue weighted by Crippen LogP contribution is -2.23. The van der Waals surface area contributed by atoms with Gasteiger partial charge >= 0.3 is 5.97 Å². The molecule has 0 aliphatic carbocycles. The highest BCUT2D eigenvalue weighted by Gasteiger charge is 2.30. The Kier molecular flexibility index (Phi) is 3.79. The molecule has 1 aliphatic rings. The van der Waals surface area contributed by atoms with Gasteiger partial charge in [0.2, 0.25) is 17.7 Å². The second kappa shape index (κ2) is 5.52. The van der Waals surface area contributed by atoms with Gasteiger partial charge in [-0.05, 0) is 24.3 Å². The Morgan fingerprint density at radius 3 is 2.55 bits per heavy atom. The summed E-state index contributed by atoms with van der Waals surface area (Å²) in [4.78, 5) is 37.2. The maximum Gasteiger partial charge on any atom is 0.338 e. The molecular formula is C13H13N3O4. The Morgan fingerprint density at radius 1 is 1.35 bits per heavy atom. The predicted octanol–water partition coefficient (Wildman–Crippen LogP) is 0.192. The number of benzene rings is 1. The first kappa shape index (κ1) is 13.7. The van der Waals surface area contributed by atoms with Crippen LogP contribution < -0.4 is 11.1 Å². The van der Waals surface area contributed by atoms with Crippen molar-refractivity contribution in [2.75, 3.05) is 5.32 Å². The van der Waals surface area contributed by atoms with Gasteiger partial charge in [-0.25, -0.2) is 9.79 Å². The third-order valence-electron chi connectivity index (χ3n) is 2.59. The van der Waals surface area contributed by atoms with Gasteiger partial charge in [-0.2, -0.15) is 0 Å². The van der Waals surface area contributed by atoms with E-state index in [9.17, 15) is 14.4 Å². The lowest BCUT2D eigenvalue weighted by Gasteiger charge is -2.03. The van der Waals surface area contributed by atoms with Crippen LogP contribution in [-0.2, 0) is 19.1 Å². The first-order chi connectivity index (χ1) is 9.45. The first-order valence-corrected chi connectivity index (χ1v) is 5.91. The van der Waals surface area contributed by atoms with Crippen LogP contribution in [0.4, 0.5) is 5.69 Å². The number of esters is 1. The molecule has 0 spiro atoms. The molecule has 1 aliphatic heterocycles. The fourth-order valence-corrected chi connectivity index (χ4v) is 1.74. The lowest BCUT2D eigenvalue weighted by molar-refractivity contribution is -0.136. The van der Waals surface area contributed by atoms with E-state index in [1.54, 1.807) is 24.3 Å². The van der Waals surface area contributed by atoms with E-state index in [0.29, 0.717) is 11.3 Å². The minimum atomic E-state index is -0.877. The van der Waals surface area contributed by atoms with Gasteiger partial charge in [-0.15, -0.1) is 0 Å². The number of hydrogen-bond donors (Lipinski definition) is 2. The second-order valence-electron chi connectivity index (χ2n) is 4.30. The molecule has 0 fully saturated rings. The Hall–Kier alpha value is -2.70. The van der Waals surface area contributed by atoms with E-state index in [1.807, 2.05) is 0 Å². The summed E-state index contributed by atoms with van der Waals surface area (Å²) in [6, 6.07) is 5.76. The van der Waals surface area contributed by atoms with Crippen LogP contribution in [0, 0.1) is 0 Å². The maximum absolute atomic E-state index is 11.5. The van der Waals surface area contributed by atoms with Crippen LogP contribution in [0.25, 0.3) is 0 Å². The van der Waals surface area contributed by atoms with Crippen molar-refractivity contribution in [1.82, 2.24) is 0 Å². The Labute approximate surface area is 114 Å². The second-order valence-corrected chi connectivity index (χ2v) is 4.30. The number of primary amides is 1. The van der Waals surface area contributed by atoms with Crippen molar-refractivity contribution in [3.05, 3.63) is 29.8 Å². The molecule has 0 radical (unpaired) electrons. The van der Waals surface area contributed by atoms with E-state index < -0.39 is 17.9 Å². The molecule has 1 unspecified atom stereocenters. The van der Waals surface area contributed by atoms with Gasteiger partial charge in [0, 0.05) is 18.2 Å². The number of carbonyl (C=O) groups is 3. The molecule has 0 saturated carbocycles. The molecule has 7 nitrogen and oxygen atoms in total. The number of nitrogens with two attached hydrogens (primary N) is 1. The number of ether oxygens (including phenoxy) is 1. The third-order valence-corrected chi connectivity index (χ3v) is 2.59. The van der Waals surface area contributed by atoms with Crippen LogP contribution >= 0.6 is 0 Å². The zero-order chi connectivity index (χ0) is 14.7. The van der Waals surface area contributed by atoms with Crippen LogP contribution in [-0.4, -0.2) is 29.7 Å². The highest BCUT2D eigenvalue weighted by atomic mass is 16.6. The number of anilines is 1. The fraction of sp³-hybridized carbons (Fsp3) is 0.231. The van der Waals surface area contributed by atoms with Crippen LogP contribution in [0.2, 0.25) is 0 Å². The molecule has 1 heterocycles. The summed E-state index contributed by atoms with van der Waals surface area (Å²) in [7, 11) is 0. The smallest absolute Gasteiger partial charge is 0.338 e. The van der Waals surface area contributed by atoms with E-state index in [0.717, 1.165) is 0 Å². The van der Waals surface area contributed by atoms with Gasteiger partial charge in [-0.1, -0.05) is 0 Å². The number of amides is 2. The van der Waals surface area contributed by atoms with Gasteiger partial charge in [0.15, 0.2) is 6.04 Å². The number of hydrogen-bond acceptors (Lipinski definition) is 5. The Morgan fingerprint density at radius 2 is 2.00 bits per heavy atom. The molecule has 1 atom stereocenters. The standard InChI is InChI=1S/C13H13N3O4/c1-7(17)15-9-4-2-8(3-5-9)12-16-10(6-11(14)18)13(19)20-12/h2-5,10H,6H2,1H3,(H2,14,18)(H,15,17). The average Bonchev–Trinajstić information content (AvgIpc) is 2.70. The zero-order valence-electron chi connectivity index (χ0n) is 10.8. The molecular weight excluding hydrogens is 262 g/mol. The third kappa shape index (κ3) is 3.19. The summed E-state index contributed by atoms with van der Waals surface area (Å²) in [6.07, 6.45) is -0.174. The quantitative estimate of drug-likeness (QED) is 0.764. The van der Waals surface area contributed by atoms with Crippen LogP contribution in [0.15, 0.2) is 29.3 Å². The molecule has 0 aromatic heterocycles. The van der Waals surface area contributed by atoms with Crippen LogP contribution in [0.1, 0.15) is 18.9 Å². The number of nitrogens with zero attached hydrogens (tertiary/aromatic N) is 1. The number of aliphatic imine (C=N–C) groups is 1. The van der Waals surface area contributed by atoms with E-state index in [4.69, 9.17) is 10.5 Å². The topological polar surface area (TPSA) is 111 Å². The fourth-order valence-electron chi connectivity index (χ4n) is 1.74. The van der Waals surface area contributed by atoms with Gasteiger partial charge < -0.3 is 15.8 Å². The SMILES string of the molecule is CC(=O)Nc1ccc(C2=NC(CC(N)=O)C(=O)O2)cc1. The molecule has 3 N–H and O–H groups in total. The molecule has 1 aromatic rings. The van der Waals surface area contributed by atoms with E-state index in [2.05, 4.69) is 10.3 Å². The Balaban J connectivity index is 2.14. The number of nitrogens with one attached hydrogen (secondary N) is 1. The molecule has 0 bridgehead atoms. The molecule has 2 rings (SSSR count). The predicted molar refractivity (Wildman–Crippen MR) is 71.0 cm³/mol. The van der Waals surface area contributed by atoms with Crippen molar-refractivity contribution in [3.8, 4) is 0 Å². The first-order valence-electron chi connectivity index (χ1n) is 5.91. The normalized spacial score (nSPS) is 17.4. The maximum atomic E-state index is 11.5. The molecule has 1 aromatic carbocycles. The summed E-state index contributed by atoms with van der Waals surface area (Å²) in [5.74, 6) is -1.23. The highest BCUT2D eigenvalue weighted by Crippen LogP contribution is 2.17. The lowest BCUT2D eigenvalue weighted by atomic mass is 10.2. The van der Waals surface area contributed by atoms with Gasteiger partial charge in [0.05, 0.1) is 6.42 Å². The monoisotopic (exact) mass is 275 g/mol. The van der Waals surface area contributed by atoms with Crippen LogP contribution in [0.5, 0.6) is 0 Å². The van der Waals surface area contributed by atoms with Crippen molar-refractivity contribution in [2.24, 2.45) is 10.7 Å². The van der Waals surface area contributed by atoms with Gasteiger partial charge in [0.1, 0.15) is 0 Å². The Bertz CT molecular complexity index is 592. The summed E-state index contributed by atoms with van der Waals surface area (Å²) >= 11 is 0. The van der Waals surface area contributed by atoms with Crippen molar-refractivity contribution >= 4 is 29.4 Å². The number of cyclic esters (lactones) is 1. The van der Waals surface area contributed by atoms with E-state index in [1.165, 1.54) is 6.92 Å². The highest BCUT2D eigenvalue weighted by molar-refractivity contribution is 6.07. The van der Waals surface area contributed by atoms with Crippen molar-refractivity contribution < 1.29 is 19.1 Å². The molecule has 20 heavy (non-hydrogen) atoms.